The summed E-state index contributed by atoms with van der Waals surface area (Å²) in [4.78, 5) is 14.7. The molecule has 0 aliphatic carbocycles. The number of nitrogens with two attached hydrogens (primary N) is 2. The Morgan fingerprint density at radius 3 is 2.57 bits per heavy atom. The van der Waals surface area contributed by atoms with Gasteiger partial charge in [-0.05, 0) is 24.1 Å². The van der Waals surface area contributed by atoms with Crippen LogP contribution in [0.4, 0.5) is 0 Å². The van der Waals surface area contributed by atoms with E-state index in [1.54, 1.807) is 0 Å². The Hall–Kier alpha value is -2.59. The fourth-order valence-corrected chi connectivity index (χ4v) is 2.97. The van der Waals surface area contributed by atoms with E-state index in [1.807, 2.05) is 24.4 Å². The van der Waals surface area contributed by atoms with Crippen molar-refractivity contribution in [1.82, 2.24) is 4.98 Å². The Morgan fingerprint density at radius 2 is 1.83 bits per heavy atom. The maximum absolute atomic E-state index is 11.3. The summed E-state index contributed by atoms with van der Waals surface area (Å²) in [6, 6.07) is 18.5. The van der Waals surface area contributed by atoms with Gasteiger partial charge in [0.1, 0.15) is 0 Å². The van der Waals surface area contributed by atoms with Crippen molar-refractivity contribution in [2.24, 2.45) is 5.73 Å². The molecule has 0 aliphatic heterocycles. The molecule has 0 saturated heterocycles. The van der Waals surface area contributed by atoms with Crippen LogP contribution in [0.1, 0.15) is 24.0 Å². The van der Waals surface area contributed by atoms with E-state index in [2.05, 4.69) is 53.6 Å². The second-order valence-corrected chi connectivity index (χ2v) is 5.92. The van der Waals surface area contributed by atoms with Gasteiger partial charge in [0.25, 0.3) is 5.91 Å². The number of carbonyl (C=O) groups is 1. The monoisotopic (exact) mass is 308 g/mol. The fourth-order valence-electron chi connectivity index (χ4n) is 2.97. The van der Waals surface area contributed by atoms with Crippen molar-refractivity contribution in [2.75, 3.05) is 6.54 Å². The molecule has 0 saturated carbocycles. The third-order valence-corrected chi connectivity index (χ3v) is 4.37. The molecule has 1 heterocycles. The van der Waals surface area contributed by atoms with Crippen molar-refractivity contribution in [1.29, 1.82) is 0 Å². The van der Waals surface area contributed by atoms with Crippen LogP contribution in [-0.4, -0.2) is 23.5 Å². The molecule has 0 radical (unpaired) electrons. The molecule has 0 fully saturated rings. The average Bonchev–Trinajstić information content (AvgIpc) is 3.00. The summed E-state index contributed by atoms with van der Waals surface area (Å²) in [7, 11) is 0. The number of aromatic nitrogens is 1. The Balaban J connectivity index is 1.96. The molecular formula is C19H22N3O+. The largest absolute Gasteiger partial charge is 0.365 e. The van der Waals surface area contributed by atoms with E-state index < -0.39 is 0 Å². The summed E-state index contributed by atoms with van der Waals surface area (Å²) in [5.74, 6) is -0.0788. The van der Waals surface area contributed by atoms with Crippen LogP contribution in [0.3, 0.4) is 0 Å². The number of fused-ring (bicyclic) bond motifs is 1. The zero-order chi connectivity index (χ0) is 16.2. The maximum Gasteiger partial charge on any atom is 0.275 e. The summed E-state index contributed by atoms with van der Waals surface area (Å²) >= 11 is 0. The first kappa shape index (κ1) is 15.3. The van der Waals surface area contributed by atoms with Crippen molar-refractivity contribution in [3.63, 3.8) is 0 Å². The Labute approximate surface area is 135 Å². The molecule has 5 N–H and O–H groups in total. The van der Waals surface area contributed by atoms with Crippen LogP contribution in [0.2, 0.25) is 0 Å². The molecule has 0 aliphatic rings. The number of hydrogen-bond donors (Lipinski definition) is 3. The van der Waals surface area contributed by atoms with Crippen LogP contribution < -0.4 is 11.1 Å². The number of para-hydroxylation sites is 1. The highest BCUT2D eigenvalue weighted by Gasteiger charge is 2.22. The van der Waals surface area contributed by atoms with Gasteiger partial charge >= 0.3 is 0 Å². The number of quaternary nitrogens is 1. The predicted molar refractivity (Wildman–Crippen MR) is 92.0 cm³/mol. The lowest BCUT2D eigenvalue weighted by molar-refractivity contribution is -0.674. The SMILES string of the molecule is C[C@@H]([NH2+]C[C@@H](c1ccccc1)c1c[nH]c2ccccc12)C(N)=O. The number of hydrogen-bond acceptors (Lipinski definition) is 1. The van der Waals surface area contributed by atoms with Gasteiger partial charge in [-0.2, -0.15) is 0 Å². The van der Waals surface area contributed by atoms with Crippen molar-refractivity contribution in [2.45, 2.75) is 18.9 Å². The van der Waals surface area contributed by atoms with Crippen LogP contribution in [0.5, 0.6) is 0 Å². The van der Waals surface area contributed by atoms with Gasteiger partial charge < -0.3 is 16.0 Å². The summed E-state index contributed by atoms with van der Waals surface area (Å²) < 4.78 is 0. The smallest absolute Gasteiger partial charge is 0.275 e. The van der Waals surface area contributed by atoms with E-state index in [0.29, 0.717) is 0 Å². The molecule has 3 aromatic rings. The second-order valence-electron chi connectivity index (χ2n) is 5.92. The van der Waals surface area contributed by atoms with Crippen LogP contribution in [0.15, 0.2) is 60.8 Å². The van der Waals surface area contributed by atoms with E-state index in [0.717, 1.165) is 12.1 Å². The highest BCUT2D eigenvalue weighted by Crippen LogP contribution is 2.29. The predicted octanol–water partition coefficient (Wildman–Crippen LogP) is 1.74. The first-order valence-electron chi connectivity index (χ1n) is 7.90. The van der Waals surface area contributed by atoms with Crippen LogP contribution in [0.25, 0.3) is 10.9 Å². The third kappa shape index (κ3) is 3.27. The summed E-state index contributed by atoms with van der Waals surface area (Å²) in [5, 5.41) is 3.24. The summed E-state index contributed by atoms with van der Waals surface area (Å²) in [6.07, 6.45) is 2.07. The number of nitrogens with one attached hydrogen (secondary N) is 1. The van der Waals surface area contributed by atoms with Gasteiger partial charge in [-0.15, -0.1) is 0 Å². The molecule has 1 aromatic heterocycles. The summed E-state index contributed by atoms with van der Waals surface area (Å²) in [5.41, 5.74) is 9.02. The summed E-state index contributed by atoms with van der Waals surface area (Å²) in [6.45, 7) is 2.62. The molecule has 118 valence electrons. The van der Waals surface area contributed by atoms with Gasteiger partial charge in [0, 0.05) is 17.1 Å². The Kier molecular flexibility index (Phi) is 4.44. The Morgan fingerprint density at radius 1 is 1.13 bits per heavy atom. The normalized spacial score (nSPS) is 13.8. The van der Waals surface area contributed by atoms with E-state index in [1.165, 1.54) is 16.5 Å². The van der Waals surface area contributed by atoms with Crippen molar-refractivity contribution < 1.29 is 10.1 Å². The third-order valence-electron chi connectivity index (χ3n) is 4.37. The molecule has 0 unspecified atom stereocenters. The molecular weight excluding hydrogens is 286 g/mol. The number of aromatic amines is 1. The van der Waals surface area contributed by atoms with Gasteiger partial charge in [0.05, 0.1) is 12.5 Å². The van der Waals surface area contributed by atoms with Gasteiger partial charge in [-0.25, -0.2) is 0 Å². The molecule has 3 rings (SSSR count). The zero-order valence-electron chi connectivity index (χ0n) is 13.2. The molecule has 0 spiro atoms. The minimum absolute atomic E-state index is 0.203. The minimum atomic E-state index is -0.282. The molecule has 23 heavy (non-hydrogen) atoms. The van der Waals surface area contributed by atoms with E-state index >= 15 is 0 Å². The van der Waals surface area contributed by atoms with Crippen LogP contribution >= 0.6 is 0 Å². The van der Waals surface area contributed by atoms with E-state index in [9.17, 15) is 4.79 Å². The number of carbonyl (C=O) groups excluding carboxylic acids is 1. The zero-order valence-corrected chi connectivity index (χ0v) is 13.2. The van der Waals surface area contributed by atoms with Crippen molar-refractivity contribution in [3.05, 3.63) is 71.9 Å². The number of rotatable bonds is 6. The number of primary amides is 1. The quantitative estimate of drug-likeness (QED) is 0.637. The lowest BCUT2D eigenvalue weighted by Crippen LogP contribution is -2.92. The molecule has 4 heteroatoms. The lowest BCUT2D eigenvalue weighted by Gasteiger charge is -2.17. The molecule has 1 amide bonds. The standard InChI is InChI=1S/C19H21N3O/c1-13(19(20)23)21-11-16(14-7-3-2-4-8-14)17-12-22-18-10-6-5-9-15(17)18/h2-10,12-13,16,21-22H,11H2,1H3,(H2,20,23)/p+1/t13-,16+/m1/s1. The highest BCUT2D eigenvalue weighted by molar-refractivity contribution is 5.84. The Bertz CT molecular complexity index is 794. The number of H-pyrrole nitrogens is 1. The fraction of sp³-hybridized carbons (Fsp3) is 0.211. The topological polar surface area (TPSA) is 75.5 Å². The van der Waals surface area contributed by atoms with Gasteiger partial charge in [0.15, 0.2) is 6.04 Å². The molecule has 2 atom stereocenters. The van der Waals surface area contributed by atoms with Crippen molar-refractivity contribution >= 4 is 16.8 Å². The molecule has 0 bridgehead atoms. The van der Waals surface area contributed by atoms with E-state index in [4.69, 9.17) is 5.73 Å². The molecule has 4 nitrogen and oxygen atoms in total. The number of benzene rings is 2. The first-order chi connectivity index (χ1) is 11.2. The van der Waals surface area contributed by atoms with Gasteiger partial charge in [-0.3, -0.25) is 4.79 Å². The second kappa shape index (κ2) is 6.67. The number of amides is 1. The average molecular weight is 308 g/mol. The van der Waals surface area contributed by atoms with Gasteiger partial charge in [-0.1, -0.05) is 48.5 Å². The van der Waals surface area contributed by atoms with Crippen molar-refractivity contribution in [3.8, 4) is 0 Å². The van der Waals surface area contributed by atoms with Crippen LogP contribution in [-0.2, 0) is 4.79 Å². The van der Waals surface area contributed by atoms with Crippen LogP contribution in [0, 0.1) is 0 Å². The maximum atomic E-state index is 11.3. The lowest BCUT2D eigenvalue weighted by atomic mass is 9.90. The highest BCUT2D eigenvalue weighted by atomic mass is 16.1. The first-order valence-corrected chi connectivity index (χ1v) is 7.90. The molecule has 2 aromatic carbocycles. The van der Waals surface area contributed by atoms with Gasteiger partial charge in [0.2, 0.25) is 0 Å². The van der Waals surface area contributed by atoms with E-state index in [-0.39, 0.29) is 17.9 Å². The minimum Gasteiger partial charge on any atom is -0.365 e.